The lowest BCUT2D eigenvalue weighted by Gasteiger charge is -2.25. The van der Waals surface area contributed by atoms with Crippen LogP contribution in [0.2, 0.25) is 0 Å². The Labute approximate surface area is 158 Å². The predicted octanol–water partition coefficient (Wildman–Crippen LogP) is 5.71. The summed E-state index contributed by atoms with van der Waals surface area (Å²) in [4.78, 5) is 2.36. The second kappa shape index (κ2) is 9.91. The Kier molecular flexibility index (Phi) is 7.58. The molecule has 0 heterocycles. The molecule has 0 aliphatic carbocycles. The van der Waals surface area contributed by atoms with Crippen LogP contribution in [-0.2, 0) is 6.54 Å². The first-order chi connectivity index (χ1) is 12.6. The van der Waals surface area contributed by atoms with Crippen molar-refractivity contribution in [1.29, 1.82) is 0 Å². The molecule has 0 aliphatic rings. The number of nitrogens with zero attached hydrogens (tertiary/aromatic N) is 1. The van der Waals surface area contributed by atoms with Crippen LogP contribution in [0.5, 0.6) is 5.75 Å². The Balaban J connectivity index is 1.97. The topological polar surface area (TPSA) is 24.5 Å². The van der Waals surface area contributed by atoms with Crippen molar-refractivity contribution >= 4 is 11.4 Å². The largest absolute Gasteiger partial charge is 0.497 e. The van der Waals surface area contributed by atoms with Gasteiger partial charge in [0.1, 0.15) is 5.75 Å². The molecule has 0 radical (unpaired) electrons. The van der Waals surface area contributed by atoms with E-state index >= 15 is 0 Å². The van der Waals surface area contributed by atoms with Gasteiger partial charge in [-0.25, -0.2) is 0 Å². The Morgan fingerprint density at radius 3 is 2.42 bits per heavy atom. The second-order valence-electron chi connectivity index (χ2n) is 6.61. The average Bonchev–Trinajstić information content (AvgIpc) is 2.67. The molecule has 1 N–H and O–H groups in total. The molecule has 0 saturated carbocycles. The van der Waals surface area contributed by atoms with Crippen molar-refractivity contribution in [1.82, 2.24) is 4.90 Å². The first-order valence-electron chi connectivity index (χ1n) is 9.50. The quantitative estimate of drug-likeness (QED) is 0.593. The van der Waals surface area contributed by atoms with E-state index < -0.39 is 0 Å². The standard InChI is InChI=1S/C23H32N2O/c1-6-8-15-25(7-2)19(4)21-11-9-20(10-12-21)17-24-23-14-13-22(26-5)16-18(23)3/h9-14,16,24H,4,6-8,15,17H2,1-3,5H3. The molecule has 0 atom stereocenters. The van der Waals surface area contributed by atoms with Crippen molar-refractivity contribution in [2.24, 2.45) is 0 Å². The first kappa shape index (κ1) is 19.9. The van der Waals surface area contributed by atoms with Crippen molar-refractivity contribution in [3.63, 3.8) is 0 Å². The zero-order valence-corrected chi connectivity index (χ0v) is 16.6. The number of unbranched alkanes of at least 4 members (excludes halogenated alkanes) is 1. The molecule has 0 bridgehead atoms. The van der Waals surface area contributed by atoms with Crippen LogP contribution in [0, 0.1) is 6.92 Å². The summed E-state index contributed by atoms with van der Waals surface area (Å²) in [7, 11) is 1.69. The zero-order chi connectivity index (χ0) is 18.9. The van der Waals surface area contributed by atoms with Gasteiger partial charge in [-0.3, -0.25) is 0 Å². The summed E-state index contributed by atoms with van der Waals surface area (Å²) in [5.41, 5.74) is 5.90. The highest BCUT2D eigenvalue weighted by Crippen LogP contribution is 2.22. The number of methoxy groups -OCH3 is 1. The molecule has 2 rings (SSSR count). The third-order valence-corrected chi connectivity index (χ3v) is 4.75. The van der Waals surface area contributed by atoms with Crippen LogP contribution < -0.4 is 10.1 Å². The molecule has 0 amide bonds. The SMILES string of the molecule is C=C(c1ccc(CNc2ccc(OC)cc2C)cc1)N(CC)CCCC. The van der Waals surface area contributed by atoms with E-state index in [0.717, 1.165) is 36.8 Å². The van der Waals surface area contributed by atoms with Crippen LogP contribution >= 0.6 is 0 Å². The summed E-state index contributed by atoms with van der Waals surface area (Å²) in [5.74, 6) is 0.888. The fraction of sp³-hybridized carbons (Fsp3) is 0.391. The Bertz CT molecular complexity index is 707. The number of nitrogens with one attached hydrogen (secondary N) is 1. The number of benzene rings is 2. The Morgan fingerprint density at radius 2 is 1.85 bits per heavy atom. The number of ether oxygens (including phenoxy) is 1. The number of hydrogen-bond donors (Lipinski definition) is 1. The highest BCUT2D eigenvalue weighted by atomic mass is 16.5. The van der Waals surface area contributed by atoms with Crippen molar-refractivity contribution in [3.05, 3.63) is 65.7 Å². The Morgan fingerprint density at radius 1 is 1.12 bits per heavy atom. The molecule has 0 unspecified atom stereocenters. The molecule has 0 aliphatic heterocycles. The molecule has 0 fully saturated rings. The van der Waals surface area contributed by atoms with E-state index in [1.807, 2.05) is 12.1 Å². The normalized spacial score (nSPS) is 10.5. The third kappa shape index (κ3) is 5.29. The van der Waals surface area contributed by atoms with E-state index in [2.05, 4.69) is 67.9 Å². The lowest BCUT2D eigenvalue weighted by Crippen LogP contribution is -2.22. The smallest absolute Gasteiger partial charge is 0.119 e. The molecule has 0 saturated heterocycles. The van der Waals surface area contributed by atoms with E-state index in [1.54, 1.807) is 7.11 Å². The van der Waals surface area contributed by atoms with Crippen molar-refractivity contribution in [3.8, 4) is 5.75 Å². The third-order valence-electron chi connectivity index (χ3n) is 4.75. The molecular formula is C23H32N2O. The number of hydrogen-bond acceptors (Lipinski definition) is 3. The van der Waals surface area contributed by atoms with Crippen LogP contribution in [0.3, 0.4) is 0 Å². The molecule has 3 heteroatoms. The number of anilines is 1. The van der Waals surface area contributed by atoms with Crippen molar-refractivity contribution < 1.29 is 4.74 Å². The van der Waals surface area contributed by atoms with Gasteiger partial charge in [-0.1, -0.05) is 44.2 Å². The molecule has 0 aromatic heterocycles. The van der Waals surface area contributed by atoms with Gasteiger partial charge < -0.3 is 15.0 Å². The van der Waals surface area contributed by atoms with Crippen molar-refractivity contribution in [2.45, 2.75) is 40.2 Å². The summed E-state index contributed by atoms with van der Waals surface area (Å²) in [6.07, 6.45) is 2.41. The summed E-state index contributed by atoms with van der Waals surface area (Å²) in [5, 5.41) is 3.50. The van der Waals surface area contributed by atoms with Crippen LogP contribution in [-0.4, -0.2) is 25.1 Å². The van der Waals surface area contributed by atoms with Crippen LogP contribution in [0.15, 0.2) is 49.0 Å². The highest BCUT2D eigenvalue weighted by molar-refractivity contribution is 5.62. The van der Waals surface area contributed by atoms with Gasteiger partial charge in [-0.15, -0.1) is 0 Å². The monoisotopic (exact) mass is 352 g/mol. The van der Waals surface area contributed by atoms with E-state index in [-0.39, 0.29) is 0 Å². The predicted molar refractivity (Wildman–Crippen MR) is 113 cm³/mol. The van der Waals surface area contributed by atoms with Gasteiger partial charge in [-0.05, 0) is 55.2 Å². The number of aryl methyl sites for hydroxylation is 1. The van der Waals surface area contributed by atoms with Gasteiger partial charge in [0.05, 0.1) is 7.11 Å². The average molecular weight is 353 g/mol. The minimum Gasteiger partial charge on any atom is -0.497 e. The van der Waals surface area contributed by atoms with Crippen LogP contribution in [0.4, 0.5) is 5.69 Å². The molecule has 26 heavy (non-hydrogen) atoms. The van der Waals surface area contributed by atoms with E-state index in [1.165, 1.54) is 29.5 Å². The van der Waals surface area contributed by atoms with Crippen molar-refractivity contribution in [2.75, 3.05) is 25.5 Å². The Hall–Kier alpha value is -2.42. The molecular weight excluding hydrogens is 320 g/mol. The summed E-state index contributed by atoms with van der Waals surface area (Å²) >= 11 is 0. The first-order valence-corrected chi connectivity index (χ1v) is 9.50. The maximum absolute atomic E-state index is 5.26. The highest BCUT2D eigenvalue weighted by Gasteiger charge is 2.07. The molecule has 2 aromatic carbocycles. The van der Waals surface area contributed by atoms with Gasteiger partial charge in [0.15, 0.2) is 0 Å². The fourth-order valence-electron chi connectivity index (χ4n) is 2.99. The fourth-order valence-corrected chi connectivity index (χ4v) is 2.99. The lowest BCUT2D eigenvalue weighted by molar-refractivity contribution is 0.408. The maximum Gasteiger partial charge on any atom is 0.119 e. The molecule has 140 valence electrons. The van der Waals surface area contributed by atoms with Crippen LogP contribution in [0.1, 0.15) is 43.4 Å². The minimum absolute atomic E-state index is 0.799. The minimum atomic E-state index is 0.799. The second-order valence-corrected chi connectivity index (χ2v) is 6.61. The molecule has 0 spiro atoms. The van der Waals surface area contributed by atoms with Gasteiger partial charge >= 0.3 is 0 Å². The summed E-state index contributed by atoms with van der Waals surface area (Å²) in [6.45, 7) is 13.7. The summed E-state index contributed by atoms with van der Waals surface area (Å²) in [6, 6.07) is 14.8. The van der Waals surface area contributed by atoms with Gasteiger partial charge in [0.25, 0.3) is 0 Å². The molecule has 2 aromatic rings. The van der Waals surface area contributed by atoms with E-state index in [4.69, 9.17) is 4.74 Å². The van der Waals surface area contributed by atoms with Gasteiger partial charge in [-0.2, -0.15) is 0 Å². The van der Waals surface area contributed by atoms with E-state index in [9.17, 15) is 0 Å². The zero-order valence-electron chi connectivity index (χ0n) is 16.6. The lowest BCUT2D eigenvalue weighted by atomic mass is 10.1. The maximum atomic E-state index is 5.26. The summed E-state index contributed by atoms with van der Waals surface area (Å²) < 4.78 is 5.26. The van der Waals surface area contributed by atoms with Gasteiger partial charge in [0, 0.05) is 31.0 Å². The number of rotatable bonds is 10. The van der Waals surface area contributed by atoms with Crippen LogP contribution in [0.25, 0.3) is 5.70 Å². The molecule has 3 nitrogen and oxygen atoms in total. The van der Waals surface area contributed by atoms with Gasteiger partial charge in [0.2, 0.25) is 0 Å². The van der Waals surface area contributed by atoms with E-state index in [0.29, 0.717) is 0 Å².